The molecule has 0 aromatic rings. The van der Waals surface area contributed by atoms with Crippen molar-refractivity contribution in [3.63, 3.8) is 0 Å². The van der Waals surface area contributed by atoms with Crippen LogP contribution in [0.25, 0.3) is 0 Å². The quantitative estimate of drug-likeness (QED) is 0.706. The summed E-state index contributed by atoms with van der Waals surface area (Å²) in [5.74, 6) is -0.285. The molecule has 0 bridgehead atoms. The zero-order chi connectivity index (χ0) is 11.9. The van der Waals surface area contributed by atoms with Crippen molar-refractivity contribution in [3.05, 3.63) is 11.1 Å². The first-order valence-electron chi connectivity index (χ1n) is 5.74. The minimum atomic E-state index is -0.173. The Balaban J connectivity index is 2.24. The lowest BCUT2D eigenvalue weighted by Gasteiger charge is -2.27. The van der Waals surface area contributed by atoms with Gasteiger partial charge in [0.1, 0.15) is 0 Å². The van der Waals surface area contributed by atoms with E-state index < -0.39 is 0 Å². The fourth-order valence-electron chi connectivity index (χ4n) is 2.65. The largest absolute Gasteiger partial charge is 0.396 e. The number of rotatable bonds is 2. The van der Waals surface area contributed by atoms with Crippen LogP contribution in [0.3, 0.4) is 0 Å². The first-order chi connectivity index (χ1) is 7.57. The minimum Gasteiger partial charge on any atom is -0.396 e. The zero-order valence-corrected chi connectivity index (χ0v) is 9.69. The molecular formula is C12H17NO3. The number of aliphatic hydroxyl groups excluding tert-OH is 1. The predicted octanol–water partition coefficient (Wildman–Crippen LogP) is 0.853. The van der Waals surface area contributed by atoms with Gasteiger partial charge in [0.25, 0.3) is 11.8 Å². The lowest BCUT2D eigenvalue weighted by atomic mass is 10.0. The maximum absolute atomic E-state index is 11.9. The first-order valence-corrected chi connectivity index (χ1v) is 5.74. The first kappa shape index (κ1) is 11.3. The van der Waals surface area contributed by atoms with Crippen molar-refractivity contribution in [1.29, 1.82) is 0 Å². The van der Waals surface area contributed by atoms with E-state index in [2.05, 4.69) is 0 Å². The molecule has 0 saturated heterocycles. The fraction of sp³-hybridized carbons (Fsp3) is 0.667. The van der Waals surface area contributed by atoms with E-state index in [0.29, 0.717) is 11.1 Å². The van der Waals surface area contributed by atoms with Crippen LogP contribution >= 0.6 is 0 Å². The summed E-state index contributed by atoms with van der Waals surface area (Å²) in [6.45, 7) is 3.44. The maximum Gasteiger partial charge on any atom is 0.257 e. The van der Waals surface area contributed by atoms with Crippen LogP contribution in [0.1, 0.15) is 33.1 Å². The summed E-state index contributed by atoms with van der Waals surface area (Å²) < 4.78 is 0. The monoisotopic (exact) mass is 223 g/mol. The summed E-state index contributed by atoms with van der Waals surface area (Å²) >= 11 is 0. The van der Waals surface area contributed by atoms with Crippen LogP contribution in [0.5, 0.6) is 0 Å². The van der Waals surface area contributed by atoms with Gasteiger partial charge in [0.15, 0.2) is 0 Å². The van der Waals surface area contributed by atoms with E-state index in [0.717, 1.165) is 19.3 Å². The van der Waals surface area contributed by atoms with Crippen LogP contribution < -0.4 is 0 Å². The van der Waals surface area contributed by atoms with Gasteiger partial charge in [-0.2, -0.15) is 0 Å². The van der Waals surface area contributed by atoms with E-state index >= 15 is 0 Å². The Morgan fingerprint density at radius 2 is 1.75 bits per heavy atom. The number of nitrogens with zero attached hydrogens (tertiary/aromatic N) is 1. The Kier molecular flexibility index (Phi) is 2.84. The van der Waals surface area contributed by atoms with Gasteiger partial charge in [-0.05, 0) is 26.7 Å². The Labute approximate surface area is 94.9 Å². The lowest BCUT2D eigenvalue weighted by Crippen LogP contribution is -2.43. The second-order valence-corrected chi connectivity index (χ2v) is 4.67. The van der Waals surface area contributed by atoms with E-state index in [1.54, 1.807) is 13.8 Å². The summed E-state index contributed by atoms with van der Waals surface area (Å²) in [6.07, 6.45) is 2.70. The van der Waals surface area contributed by atoms with Crippen molar-refractivity contribution in [2.75, 3.05) is 6.61 Å². The van der Waals surface area contributed by atoms with Gasteiger partial charge in [-0.3, -0.25) is 14.5 Å². The van der Waals surface area contributed by atoms with Crippen LogP contribution in [-0.4, -0.2) is 34.5 Å². The van der Waals surface area contributed by atoms with Gasteiger partial charge in [0.05, 0.1) is 0 Å². The molecule has 1 fully saturated rings. The molecule has 88 valence electrons. The van der Waals surface area contributed by atoms with Crippen LogP contribution in [-0.2, 0) is 9.59 Å². The molecule has 1 aliphatic heterocycles. The third-order valence-electron chi connectivity index (χ3n) is 3.83. The molecule has 0 aromatic carbocycles. The van der Waals surface area contributed by atoms with E-state index in [1.807, 2.05) is 0 Å². The number of hydrogen-bond donors (Lipinski definition) is 1. The number of carbonyl (C=O) groups excluding carboxylic acids is 2. The fourth-order valence-corrected chi connectivity index (χ4v) is 2.65. The molecule has 2 amide bonds. The highest BCUT2D eigenvalue weighted by atomic mass is 16.3. The van der Waals surface area contributed by atoms with Gasteiger partial charge < -0.3 is 5.11 Å². The summed E-state index contributed by atoms with van der Waals surface area (Å²) in [5, 5.41) is 9.24. The van der Waals surface area contributed by atoms with Crippen molar-refractivity contribution >= 4 is 11.8 Å². The summed E-state index contributed by atoms with van der Waals surface area (Å²) in [5.41, 5.74) is 1.10. The number of hydrogen-bond acceptors (Lipinski definition) is 3. The molecule has 2 atom stereocenters. The molecule has 2 unspecified atom stereocenters. The summed E-state index contributed by atoms with van der Waals surface area (Å²) in [4.78, 5) is 25.2. The van der Waals surface area contributed by atoms with Gasteiger partial charge >= 0.3 is 0 Å². The van der Waals surface area contributed by atoms with Crippen molar-refractivity contribution < 1.29 is 14.7 Å². The molecule has 16 heavy (non-hydrogen) atoms. The highest BCUT2D eigenvalue weighted by molar-refractivity contribution is 6.19. The molecular weight excluding hydrogens is 206 g/mol. The van der Waals surface area contributed by atoms with Crippen LogP contribution in [0.15, 0.2) is 11.1 Å². The Morgan fingerprint density at radius 3 is 2.25 bits per heavy atom. The number of carbonyl (C=O) groups is 2. The smallest absolute Gasteiger partial charge is 0.257 e. The minimum absolute atomic E-state index is 0.0554. The van der Waals surface area contributed by atoms with Crippen molar-refractivity contribution in [1.82, 2.24) is 4.90 Å². The van der Waals surface area contributed by atoms with Gasteiger partial charge in [0, 0.05) is 29.7 Å². The van der Waals surface area contributed by atoms with E-state index in [1.165, 1.54) is 4.90 Å². The number of imide groups is 1. The Bertz CT molecular complexity index is 348. The average Bonchev–Trinajstić information content (AvgIpc) is 2.80. The van der Waals surface area contributed by atoms with E-state index in [-0.39, 0.29) is 30.4 Å². The Hall–Kier alpha value is -1.16. The molecule has 0 radical (unpaired) electrons. The maximum atomic E-state index is 11.9. The second-order valence-electron chi connectivity index (χ2n) is 4.67. The van der Waals surface area contributed by atoms with Crippen molar-refractivity contribution in [2.24, 2.45) is 5.92 Å². The highest BCUT2D eigenvalue weighted by Crippen LogP contribution is 2.34. The van der Waals surface area contributed by atoms with Gasteiger partial charge in [0.2, 0.25) is 0 Å². The Morgan fingerprint density at radius 1 is 1.19 bits per heavy atom. The standard InChI is InChI=1S/C12H17NO3/c1-7-8(2)12(16)13(11(7)15)10-5-3-4-9(10)6-14/h9-10,14H,3-6H2,1-2H3. The zero-order valence-electron chi connectivity index (χ0n) is 9.69. The molecule has 0 aromatic heterocycles. The van der Waals surface area contributed by atoms with Gasteiger partial charge in [-0.1, -0.05) is 6.42 Å². The van der Waals surface area contributed by atoms with Gasteiger partial charge in [-0.25, -0.2) is 0 Å². The second kappa shape index (κ2) is 4.01. The molecule has 0 spiro atoms. The lowest BCUT2D eigenvalue weighted by molar-refractivity contribution is -0.141. The van der Waals surface area contributed by atoms with E-state index in [4.69, 9.17) is 0 Å². The number of aliphatic hydroxyl groups is 1. The topological polar surface area (TPSA) is 57.6 Å². The summed E-state index contributed by atoms with van der Waals surface area (Å²) in [7, 11) is 0. The molecule has 2 aliphatic rings. The molecule has 2 rings (SSSR count). The summed E-state index contributed by atoms with van der Waals surface area (Å²) in [6, 6.07) is -0.0996. The molecule has 1 aliphatic carbocycles. The third-order valence-corrected chi connectivity index (χ3v) is 3.83. The number of amides is 2. The van der Waals surface area contributed by atoms with Crippen molar-refractivity contribution in [2.45, 2.75) is 39.2 Å². The van der Waals surface area contributed by atoms with Crippen molar-refractivity contribution in [3.8, 4) is 0 Å². The van der Waals surface area contributed by atoms with E-state index in [9.17, 15) is 14.7 Å². The average molecular weight is 223 g/mol. The molecule has 1 saturated carbocycles. The van der Waals surface area contributed by atoms with Crippen LogP contribution in [0, 0.1) is 5.92 Å². The van der Waals surface area contributed by atoms with Gasteiger partial charge in [-0.15, -0.1) is 0 Å². The van der Waals surface area contributed by atoms with Crippen LogP contribution in [0.4, 0.5) is 0 Å². The predicted molar refractivity (Wildman–Crippen MR) is 58.4 cm³/mol. The normalized spacial score (nSPS) is 30.8. The molecule has 1 heterocycles. The third kappa shape index (κ3) is 1.48. The molecule has 1 N–H and O–H groups in total. The SMILES string of the molecule is CC1=C(C)C(=O)N(C2CCCC2CO)C1=O. The molecule has 4 nitrogen and oxygen atoms in total. The van der Waals surface area contributed by atoms with Crippen LogP contribution in [0.2, 0.25) is 0 Å². The highest BCUT2D eigenvalue weighted by Gasteiger charge is 2.42. The molecule has 4 heteroatoms.